The van der Waals surface area contributed by atoms with Gasteiger partial charge in [-0.3, -0.25) is 0 Å². The van der Waals surface area contributed by atoms with E-state index in [1.165, 1.54) is 44.5 Å². The second-order valence-corrected chi connectivity index (χ2v) is 6.34. The van der Waals surface area contributed by atoms with Crippen LogP contribution in [0.4, 0.5) is 0 Å². The van der Waals surface area contributed by atoms with Crippen LogP contribution in [-0.2, 0) is 0 Å². The van der Waals surface area contributed by atoms with Crippen molar-refractivity contribution in [2.45, 2.75) is 0 Å². The van der Waals surface area contributed by atoms with Gasteiger partial charge < -0.3 is 19.9 Å². The minimum Gasteiger partial charge on any atom is -0.367 e. The molecular weight excluding hydrogens is 320 g/mol. The lowest BCUT2D eigenvalue weighted by molar-refractivity contribution is 1.41. The van der Waals surface area contributed by atoms with Crippen molar-refractivity contribution < 1.29 is 0 Å². The van der Waals surface area contributed by atoms with Gasteiger partial charge in [0, 0.05) is 49.6 Å². The maximum absolute atomic E-state index is 3.18. The first-order valence-corrected chi connectivity index (χ1v) is 8.61. The van der Waals surface area contributed by atoms with Gasteiger partial charge in [0.05, 0.1) is 0 Å². The molecule has 4 nitrogen and oxygen atoms in total. The van der Waals surface area contributed by atoms with E-state index in [1.807, 2.05) is 49.6 Å². The van der Waals surface area contributed by atoms with Crippen LogP contribution < -0.4 is 0 Å². The predicted molar refractivity (Wildman–Crippen MR) is 106 cm³/mol. The van der Waals surface area contributed by atoms with Crippen LogP contribution in [0.25, 0.3) is 44.5 Å². The first-order chi connectivity index (χ1) is 12.9. The Kier molecular flexibility index (Phi) is 3.39. The van der Waals surface area contributed by atoms with E-state index in [4.69, 9.17) is 0 Å². The lowest BCUT2D eigenvalue weighted by Crippen LogP contribution is -1.89. The van der Waals surface area contributed by atoms with Gasteiger partial charge in [-0.2, -0.15) is 0 Å². The van der Waals surface area contributed by atoms with Crippen LogP contribution in [0.1, 0.15) is 0 Å². The zero-order valence-corrected chi connectivity index (χ0v) is 14.1. The Balaban J connectivity index is 1.84. The van der Waals surface area contributed by atoms with E-state index in [9.17, 15) is 0 Å². The Morgan fingerprint density at radius 3 is 0.846 bits per heavy atom. The Bertz CT molecular complexity index is 918. The SMILES string of the molecule is c1cc(-c2cc(-c3cc[nH]c3)c(-c3cc[nH]c3)cc2-c2cc[nH]c2)c[nH]1. The molecule has 126 valence electrons. The topological polar surface area (TPSA) is 63.2 Å². The first kappa shape index (κ1) is 14.7. The summed E-state index contributed by atoms with van der Waals surface area (Å²) in [4.78, 5) is 12.7. The molecule has 5 aromatic rings. The number of rotatable bonds is 4. The largest absolute Gasteiger partial charge is 0.367 e. The van der Waals surface area contributed by atoms with Crippen molar-refractivity contribution in [3.63, 3.8) is 0 Å². The van der Waals surface area contributed by atoms with Crippen LogP contribution in [-0.4, -0.2) is 19.9 Å². The van der Waals surface area contributed by atoms with Gasteiger partial charge >= 0.3 is 0 Å². The molecule has 0 amide bonds. The summed E-state index contributed by atoms with van der Waals surface area (Å²) in [6.07, 6.45) is 16.0. The second-order valence-electron chi connectivity index (χ2n) is 6.34. The average Bonchev–Trinajstić information content (AvgIpc) is 3.49. The van der Waals surface area contributed by atoms with Crippen molar-refractivity contribution in [3.8, 4) is 44.5 Å². The lowest BCUT2D eigenvalue weighted by Gasteiger charge is -2.15. The third-order valence-corrected chi connectivity index (χ3v) is 4.79. The molecule has 0 radical (unpaired) electrons. The highest BCUT2D eigenvalue weighted by atomic mass is 14.6. The zero-order chi connectivity index (χ0) is 17.3. The fraction of sp³-hybridized carbons (Fsp3) is 0. The Labute approximate surface area is 150 Å². The number of hydrogen-bond donors (Lipinski definition) is 4. The summed E-state index contributed by atoms with van der Waals surface area (Å²) in [6, 6.07) is 13.0. The molecule has 5 rings (SSSR count). The van der Waals surface area contributed by atoms with Crippen molar-refractivity contribution in [1.29, 1.82) is 0 Å². The highest BCUT2D eigenvalue weighted by Crippen LogP contribution is 2.41. The summed E-state index contributed by atoms with van der Waals surface area (Å²) >= 11 is 0. The van der Waals surface area contributed by atoms with Crippen LogP contribution in [0.3, 0.4) is 0 Å². The number of nitrogens with one attached hydrogen (secondary N) is 4. The third-order valence-electron chi connectivity index (χ3n) is 4.79. The van der Waals surface area contributed by atoms with Crippen LogP contribution in [0, 0.1) is 0 Å². The number of aromatic nitrogens is 4. The monoisotopic (exact) mass is 338 g/mol. The normalized spacial score (nSPS) is 11.1. The highest BCUT2D eigenvalue weighted by Gasteiger charge is 2.16. The molecule has 0 spiro atoms. The van der Waals surface area contributed by atoms with Crippen LogP contribution >= 0.6 is 0 Å². The molecule has 4 heterocycles. The van der Waals surface area contributed by atoms with Crippen molar-refractivity contribution in [1.82, 2.24) is 19.9 Å². The number of aromatic amines is 4. The maximum atomic E-state index is 3.18. The van der Waals surface area contributed by atoms with Gasteiger partial charge in [-0.1, -0.05) is 0 Å². The van der Waals surface area contributed by atoms with Crippen molar-refractivity contribution >= 4 is 0 Å². The van der Waals surface area contributed by atoms with E-state index in [0.29, 0.717) is 0 Å². The molecule has 0 aliphatic carbocycles. The minimum atomic E-state index is 1.18. The summed E-state index contributed by atoms with van der Waals surface area (Å²) in [5.74, 6) is 0. The molecule has 1 aromatic carbocycles. The summed E-state index contributed by atoms with van der Waals surface area (Å²) in [5.41, 5.74) is 9.56. The van der Waals surface area contributed by atoms with Gasteiger partial charge in [0.2, 0.25) is 0 Å². The number of hydrogen-bond acceptors (Lipinski definition) is 0. The lowest BCUT2D eigenvalue weighted by atomic mass is 9.88. The number of H-pyrrole nitrogens is 4. The maximum Gasteiger partial charge on any atom is 0.00843 e. The molecule has 4 N–H and O–H groups in total. The minimum absolute atomic E-state index is 1.18. The average molecular weight is 338 g/mol. The van der Waals surface area contributed by atoms with Gasteiger partial charge in [-0.05, 0) is 80.9 Å². The van der Waals surface area contributed by atoms with Crippen molar-refractivity contribution in [3.05, 3.63) is 86.0 Å². The van der Waals surface area contributed by atoms with Gasteiger partial charge in [0.15, 0.2) is 0 Å². The van der Waals surface area contributed by atoms with Gasteiger partial charge in [-0.15, -0.1) is 0 Å². The van der Waals surface area contributed by atoms with E-state index in [0.717, 1.165) is 0 Å². The van der Waals surface area contributed by atoms with E-state index >= 15 is 0 Å². The molecule has 0 bridgehead atoms. The quantitative estimate of drug-likeness (QED) is 0.326. The van der Waals surface area contributed by atoms with Crippen LogP contribution in [0.15, 0.2) is 86.0 Å². The van der Waals surface area contributed by atoms with Crippen molar-refractivity contribution in [2.75, 3.05) is 0 Å². The number of benzene rings is 1. The molecular formula is C22H18N4. The molecule has 0 saturated carbocycles. The molecule has 0 fully saturated rings. The molecule has 0 saturated heterocycles. The Morgan fingerprint density at radius 2 is 0.654 bits per heavy atom. The third kappa shape index (κ3) is 2.40. The molecule has 0 aliphatic heterocycles. The molecule has 0 unspecified atom stereocenters. The second kappa shape index (κ2) is 6.01. The van der Waals surface area contributed by atoms with Gasteiger partial charge in [0.25, 0.3) is 0 Å². The van der Waals surface area contributed by atoms with Gasteiger partial charge in [-0.25, -0.2) is 0 Å². The first-order valence-electron chi connectivity index (χ1n) is 8.61. The Hall–Kier alpha value is -3.66. The zero-order valence-electron chi connectivity index (χ0n) is 14.1. The standard InChI is InChI=1S/C22H18N4/c1-5-23-11-15(1)19-9-21(17-3-7-25-13-17)22(18-4-8-26-14-18)10-20(19)16-2-6-24-12-16/h1-14,23-26H. The van der Waals surface area contributed by atoms with E-state index < -0.39 is 0 Å². The molecule has 0 atom stereocenters. The summed E-state index contributed by atoms with van der Waals surface area (Å²) in [6.45, 7) is 0. The summed E-state index contributed by atoms with van der Waals surface area (Å²) in [5, 5.41) is 0. The highest BCUT2D eigenvalue weighted by molar-refractivity contribution is 5.94. The predicted octanol–water partition coefficient (Wildman–Crippen LogP) is 5.67. The summed E-state index contributed by atoms with van der Waals surface area (Å²) in [7, 11) is 0. The smallest absolute Gasteiger partial charge is 0.00843 e. The van der Waals surface area contributed by atoms with E-state index in [2.05, 4.69) is 56.3 Å². The molecule has 26 heavy (non-hydrogen) atoms. The van der Waals surface area contributed by atoms with Crippen LogP contribution in [0.5, 0.6) is 0 Å². The Morgan fingerprint density at radius 1 is 0.385 bits per heavy atom. The molecule has 0 aliphatic rings. The van der Waals surface area contributed by atoms with Crippen molar-refractivity contribution in [2.24, 2.45) is 0 Å². The van der Waals surface area contributed by atoms with E-state index in [-0.39, 0.29) is 0 Å². The molecule has 4 aromatic heterocycles. The van der Waals surface area contributed by atoms with Gasteiger partial charge in [0.1, 0.15) is 0 Å². The molecule has 4 heteroatoms. The van der Waals surface area contributed by atoms with Crippen LogP contribution in [0.2, 0.25) is 0 Å². The van der Waals surface area contributed by atoms with E-state index in [1.54, 1.807) is 0 Å². The fourth-order valence-corrected chi connectivity index (χ4v) is 3.52. The summed E-state index contributed by atoms with van der Waals surface area (Å²) < 4.78 is 0. The fourth-order valence-electron chi connectivity index (χ4n) is 3.52.